The van der Waals surface area contributed by atoms with Crippen LogP contribution >= 0.6 is 0 Å². The van der Waals surface area contributed by atoms with Crippen LogP contribution in [0.5, 0.6) is 11.5 Å². The summed E-state index contributed by atoms with van der Waals surface area (Å²) in [7, 11) is 3.19. The maximum atomic E-state index is 12.4. The zero-order valence-corrected chi connectivity index (χ0v) is 14.4. The summed E-state index contributed by atoms with van der Waals surface area (Å²) in [5, 5.41) is 0. The predicted octanol–water partition coefficient (Wildman–Crippen LogP) is 1.80. The number of rotatable bonds is 4. The Kier molecular flexibility index (Phi) is 6.23. The molecule has 0 radical (unpaired) electrons. The number of amides is 2. The first-order valence-electron chi connectivity index (χ1n) is 7.99. The molecule has 2 rings (SSSR count). The van der Waals surface area contributed by atoms with E-state index in [1.54, 1.807) is 49.2 Å². The second-order valence-corrected chi connectivity index (χ2v) is 5.63. The topological polar surface area (TPSA) is 59.1 Å². The Morgan fingerprint density at radius 1 is 1.04 bits per heavy atom. The van der Waals surface area contributed by atoms with Crippen molar-refractivity contribution in [3.63, 3.8) is 0 Å². The van der Waals surface area contributed by atoms with Crippen molar-refractivity contribution in [1.29, 1.82) is 0 Å². The molecule has 0 aromatic heterocycles. The van der Waals surface area contributed by atoms with Gasteiger partial charge >= 0.3 is 0 Å². The van der Waals surface area contributed by atoms with Crippen LogP contribution in [0.3, 0.4) is 0 Å². The van der Waals surface area contributed by atoms with Gasteiger partial charge in [0.15, 0.2) is 0 Å². The number of carbonyl (C=O) groups excluding carboxylic acids is 2. The highest BCUT2D eigenvalue weighted by Gasteiger charge is 2.18. The van der Waals surface area contributed by atoms with Gasteiger partial charge in [-0.05, 0) is 30.7 Å². The van der Waals surface area contributed by atoms with E-state index in [-0.39, 0.29) is 11.8 Å². The molecule has 2 amide bonds. The Hall–Kier alpha value is -2.50. The van der Waals surface area contributed by atoms with Crippen LogP contribution in [0.25, 0.3) is 6.08 Å². The van der Waals surface area contributed by atoms with Crippen molar-refractivity contribution in [3.8, 4) is 11.5 Å². The molecule has 1 aromatic rings. The highest BCUT2D eigenvalue weighted by Crippen LogP contribution is 2.25. The van der Waals surface area contributed by atoms with Crippen molar-refractivity contribution >= 4 is 17.9 Å². The fourth-order valence-electron chi connectivity index (χ4n) is 2.69. The van der Waals surface area contributed by atoms with E-state index in [0.717, 1.165) is 12.0 Å². The molecule has 0 saturated carbocycles. The maximum absolute atomic E-state index is 12.4. The standard InChI is InChI=1S/C18H24N2O4/c1-14(21)19-9-4-10-20(12-11-19)18(22)8-5-15-13-16(23-2)6-7-17(15)24-3/h5-8,13H,4,9-12H2,1-3H3/b8-5+. The summed E-state index contributed by atoms with van der Waals surface area (Å²) in [5.41, 5.74) is 0.783. The van der Waals surface area contributed by atoms with Crippen LogP contribution in [0.15, 0.2) is 24.3 Å². The molecule has 0 aliphatic carbocycles. The Morgan fingerprint density at radius 2 is 1.75 bits per heavy atom. The summed E-state index contributed by atoms with van der Waals surface area (Å²) >= 11 is 0. The zero-order chi connectivity index (χ0) is 17.5. The molecule has 0 unspecified atom stereocenters. The fraction of sp³-hybridized carbons (Fsp3) is 0.444. The number of hydrogen-bond donors (Lipinski definition) is 0. The van der Waals surface area contributed by atoms with E-state index in [9.17, 15) is 9.59 Å². The third-order valence-electron chi connectivity index (χ3n) is 4.10. The molecule has 1 aliphatic heterocycles. The largest absolute Gasteiger partial charge is 0.497 e. The van der Waals surface area contributed by atoms with Crippen molar-refractivity contribution in [2.24, 2.45) is 0 Å². The van der Waals surface area contributed by atoms with Gasteiger partial charge in [-0.2, -0.15) is 0 Å². The maximum Gasteiger partial charge on any atom is 0.246 e. The molecule has 0 bridgehead atoms. The minimum atomic E-state index is -0.0646. The van der Waals surface area contributed by atoms with Crippen molar-refractivity contribution in [2.45, 2.75) is 13.3 Å². The highest BCUT2D eigenvalue weighted by molar-refractivity contribution is 5.92. The van der Waals surface area contributed by atoms with Crippen molar-refractivity contribution < 1.29 is 19.1 Å². The van der Waals surface area contributed by atoms with Gasteiger partial charge in [0.25, 0.3) is 0 Å². The van der Waals surface area contributed by atoms with Gasteiger partial charge in [0, 0.05) is 44.7 Å². The monoisotopic (exact) mass is 332 g/mol. The lowest BCUT2D eigenvalue weighted by Crippen LogP contribution is -2.35. The second kappa shape index (κ2) is 8.38. The van der Waals surface area contributed by atoms with Crippen LogP contribution < -0.4 is 9.47 Å². The van der Waals surface area contributed by atoms with Crippen molar-refractivity contribution in [2.75, 3.05) is 40.4 Å². The minimum Gasteiger partial charge on any atom is -0.497 e. The van der Waals surface area contributed by atoms with E-state index in [0.29, 0.717) is 37.7 Å². The van der Waals surface area contributed by atoms with E-state index in [2.05, 4.69) is 0 Å². The molecule has 6 heteroatoms. The highest BCUT2D eigenvalue weighted by atomic mass is 16.5. The SMILES string of the molecule is COc1ccc(OC)c(/C=C/C(=O)N2CCCN(C(C)=O)CC2)c1. The molecular weight excluding hydrogens is 308 g/mol. The van der Waals surface area contributed by atoms with Gasteiger partial charge in [0.2, 0.25) is 11.8 Å². The summed E-state index contributed by atoms with van der Waals surface area (Å²) in [6.07, 6.45) is 4.07. The van der Waals surface area contributed by atoms with Gasteiger partial charge in [0.05, 0.1) is 14.2 Å². The molecule has 0 spiro atoms. The van der Waals surface area contributed by atoms with Gasteiger partial charge in [-0.1, -0.05) is 0 Å². The Balaban J connectivity index is 2.06. The van der Waals surface area contributed by atoms with E-state index in [4.69, 9.17) is 9.47 Å². The molecule has 130 valence electrons. The Morgan fingerprint density at radius 3 is 2.42 bits per heavy atom. The number of ether oxygens (including phenoxy) is 2. The van der Waals surface area contributed by atoms with E-state index in [1.807, 2.05) is 12.1 Å². The van der Waals surface area contributed by atoms with Gasteiger partial charge in [-0.15, -0.1) is 0 Å². The Bertz CT molecular complexity index is 627. The van der Waals surface area contributed by atoms with Crippen LogP contribution in [-0.4, -0.2) is 62.0 Å². The third kappa shape index (κ3) is 4.50. The quantitative estimate of drug-likeness (QED) is 0.789. The first-order chi connectivity index (χ1) is 11.5. The fourth-order valence-corrected chi connectivity index (χ4v) is 2.69. The van der Waals surface area contributed by atoms with Crippen LogP contribution in [0.2, 0.25) is 0 Å². The Labute approximate surface area is 142 Å². The van der Waals surface area contributed by atoms with Crippen LogP contribution in [0.4, 0.5) is 0 Å². The molecule has 0 N–H and O–H groups in total. The molecule has 1 saturated heterocycles. The molecule has 1 aromatic carbocycles. The molecule has 1 aliphatic rings. The summed E-state index contributed by atoms with van der Waals surface area (Å²) < 4.78 is 10.5. The minimum absolute atomic E-state index is 0.0564. The average molecular weight is 332 g/mol. The third-order valence-corrected chi connectivity index (χ3v) is 4.10. The first-order valence-corrected chi connectivity index (χ1v) is 7.99. The lowest BCUT2D eigenvalue weighted by Gasteiger charge is -2.20. The molecule has 1 fully saturated rings. The van der Waals surface area contributed by atoms with E-state index in [1.165, 1.54) is 0 Å². The van der Waals surface area contributed by atoms with E-state index < -0.39 is 0 Å². The molecule has 0 atom stereocenters. The van der Waals surface area contributed by atoms with Crippen molar-refractivity contribution in [1.82, 2.24) is 9.80 Å². The van der Waals surface area contributed by atoms with Gasteiger partial charge in [-0.3, -0.25) is 9.59 Å². The first kappa shape index (κ1) is 17.8. The normalized spacial score (nSPS) is 15.3. The van der Waals surface area contributed by atoms with Crippen LogP contribution in [0, 0.1) is 0 Å². The summed E-state index contributed by atoms with van der Waals surface area (Å²) in [6, 6.07) is 5.44. The molecule has 1 heterocycles. The predicted molar refractivity (Wildman–Crippen MR) is 92.0 cm³/mol. The molecule has 24 heavy (non-hydrogen) atoms. The zero-order valence-electron chi connectivity index (χ0n) is 14.4. The van der Waals surface area contributed by atoms with Gasteiger partial charge < -0.3 is 19.3 Å². The average Bonchev–Trinajstić information content (AvgIpc) is 2.85. The van der Waals surface area contributed by atoms with Crippen molar-refractivity contribution in [3.05, 3.63) is 29.8 Å². The second-order valence-electron chi connectivity index (χ2n) is 5.63. The summed E-state index contributed by atoms with van der Waals surface area (Å²) in [4.78, 5) is 27.4. The number of carbonyl (C=O) groups is 2. The molecular formula is C18H24N2O4. The number of benzene rings is 1. The van der Waals surface area contributed by atoms with Gasteiger partial charge in [-0.25, -0.2) is 0 Å². The van der Waals surface area contributed by atoms with E-state index >= 15 is 0 Å². The number of nitrogens with zero attached hydrogens (tertiary/aromatic N) is 2. The van der Waals surface area contributed by atoms with Crippen LogP contribution in [0.1, 0.15) is 18.9 Å². The number of methoxy groups -OCH3 is 2. The molecule has 6 nitrogen and oxygen atoms in total. The smallest absolute Gasteiger partial charge is 0.246 e. The summed E-state index contributed by atoms with van der Waals surface area (Å²) in [5.74, 6) is 1.37. The number of hydrogen-bond acceptors (Lipinski definition) is 4. The lowest BCUT2D eigenvalue weighted by atomic mass is 10.1. The van der Waals surface area contributed by atoms with Crippen LogP contribution in [-0.2, 0) is 9.59 Å². The summed E-state index contributed by atoms with van der Waals surface area (Å²) in [6.45, 7) is 4.05. The lowest BCUT2D eigenvalue weighted by molar-refractivity contribution is -0.130. The van der Waals surface area contributed by atoms with Gasteiger partial charge in [0.1, 0.15) is 11.5 Å².